The SMILES string of the molecule is COC(=O)CCCCCc1ccc(CCCCC(=O)OC)s1. The molecule has 0 aliphatic heterocycles. The molecule has 124 valence electrons. The van der Waals surface area contributed by atoms with Crippen molar-refractivity contribution in [1.82, 2.24) is 0 Å². The van der Waals surface area contributed by atoms with Crippen LogP contribution < -0.4 is 0 Å². The molecule has 1 heterocycles. The summed E-state index contributed by atoms with van der Waals surface area (Å²) in [6.07, 6.45) is 8.11. The number of ether oxygens (including phenoxy) is 2. The molecule has 22 heavy (non-hydrogen) atoms. The van der Waals surface area contributed by atoms with Crippen molar-refractivity contribution in [2.24, 2.45) is 0 Å². The summed E-state index contributed by atoms with van der Waals surface area (Å²) in [4.78, 5) is 24.8. The van der Waals surface area contributed by atoms with Crippen molar-refractivity contribution in [2.75, 3.05) is 14.2 Å². The Morgan fingerprint density at radius 1 is 0.818 bits per heavy atom. The molecule has 0 bridgehead atoms. The number of esters is 2. The number of aryl methyl sites for hydroxylation is 2. The Morgan fingerprint density at radius 3 is 1.77 bits per heavy atom. The van der Waals surface area contributed by atoms with Crippen LogP contribution in [-0.4, -0.2) is 26.2 Å². The predicted octanol–water partition coefficient (Wildman–Crippen LogP) is 3.91. The van der Waals surface area contributed by atoms with Crippen LogP contribution in [0, 0.1) is 0 Å². The Labute approximate surface area is 136 Å². The smallest absolute Gasteiger partial charge is 0.305 e. The molecule has 0 atom stereocenters. The maximum absolute atomic E-state index is 11.0. The molecule has 0 aliphatic rings. The molecule has 1 rings (SSSR count). The van der Waals surface area contributed by atoms with Crippen molar-refractivity contribution >= 4 is 23.3 Å². The largest absolute Gasteiger partial charge is 0.469 e. The highest BCUT2D eigenvalue weighted by molar-refractivity contribution is 7.11. The number of unbranched alkanes of at least 4 members (excludes halogenated alkanes) is 3. The molecule has 1 aromatic rings. The fourth-order valence-electron chi connectivity index (χ4n) is 2.21. The lowest BCUT2D eigenvalue weighted by Gasteiger charge is -2.00. The van der Waals surface area contributed by atoms with Crippen LogP contribution in [0.3, 0.4) is 0 Å². The topological polar surface area (TPSA) is 52.6 Å². The van der Waals surface area contributed by atoms with E-state index in [1.165, 1.54) is 24.0 Å². The Kier molecular flexibility index (Phi) is 9.55. The van der Waals surface area contributed by atoms with Gasteiger partial charge in [-0.1, -0.05) is 6.42 Å². The minimum Gasteiger partial charge on any atom is -0.469 e. The number of hydrogen-bond donors (Lipinski definition) is 0. The van der Waals surface area contributed by atoms with Gasteiger partial charge in [-0.15, -0.1) is 11.3 Å². The average Bonchev–Trinajstić information content (AvgIpc) is 2.98. The molecule has 0 N–H and O–H groups in total. The molecule has 0 spiro atoms. The van der Waals surface area contributed by atoms with Gasteiger partial charge in [-0.05, 0) is 50.7 Å². The van der Waals surface area contributed by atoms with Crippen LogP contribution >= 0.6 is 11.3 Å². The van der Waals surface area contributed by atoms with Gasteiger partial charge < -0.3 is 9.47 Å². The van der Waals surface area contributed by atoms with Gasteiger partial charge in [0.15, 0.2) is 0 Å². The van der Waals surface area contributed by atoms with E-state index in [-0.39, 0.29) is 11.9 Å². The molecule has 0 amide bonds. The fraction of sp³-hybridized carbons (Fsp3) is 0.647. The van der Waals surface area contributed by atoms with Gasteiger partial charge >= 0.3 is 11.9 Å². The van der Waals surface area contributed by atoms with Crippen molar-refractivity contribution in [1.29, 1.82) is 0 Å². The maximum Gasteiger partial charge on any atom is 0.305 e. The minimum atomic E-state index is -0.126. The lowest BCUT2D eigenvalue weighted by Crippen LogP contribution is -1.99. The zero-order valence-electron chi connectivity index (χ0n) is 13.6. The lowest BCUT2D eigenvalue weighted by molar-refractivity contribution is -0.141. The van der Waals surface area contributed by atoms with Crippen LogP contribution in [-0.2, 0) is 31.9 Å². The first kappa shape index (κ1) is 18.7. The van der Waals surface area contributed by atoms with E-state index in [0.29, 0.717) is 12.8 Å². The van der Waals surface area contributed by atoms with Crippen LogP contribution in [0.2, 0.25) is 0 Å². The molecule has 1 aromatic heterocycles. The van der Waals surface area contributed by atoms with E-state index in [2.05, 4.69) is 21.6 Å². The Balaban J connectivity index is 2.11. The number of hydrogen-bond acceptors (Lipinski definition) is 5. The van der Waals surface area contributed by atoms with E-state index in [1.807, 2.05) is 11.3 Å². The van der Waals surface area contributed by atoms with Gasteiger partial charge in [0.2, 0.25) is 0 Å². The van der Waals surface area contributed by atoms with Gasteiger partial charge in [-0.2, -0.15) is 0 Å². The molecule has 4 nitrogen and oxygen atoms in total. The van der Waals surface area contributed by atoms with Crippen molar-refractivity contribution in [3.8, 4) is 0 Å². The molecule has 0 saturated heterocycles. The summed E-state index contributed by atoms with van der Waals surface area (Å²) < 4.78 is 9.25. The van der Waals surface area contributed by atoms with E-state index in [1.54, 1.807) is 0 Å². The third-order valence-corrected chi connectivity index (χ3v) is 4.74. The molecule has 0 saturated carbocycles. The maximum atomic E-state index is 11.0. The minimum absolute atomic E-state index is 0.120. The number of thiophene rings is 1. The molecule has 0 aromatic carbocycles. The highest BCUT2D eigenvalue weighted by atomic mass is 32.1. The predicted molar refractivity (Wildman–Crippen MR) is 88.1 cm³/mol. The normalized spacial score (nSPS) is 10.5. The van der Waals surface area contributed by atoms with E-state index in [9.17, 15) is 9.59 Å². The molecule has 0 radical (unpaired) electrons. The standard InChI is InChI=1S/C17H26O4S/c1-20-16(18)10-5-3-4-8-14-12-13-15(22-14)9-6-7-11-17(19)21-2/h12-13H,3-11H2,1-2H3. The van der Waals surface area contributed by atoms with Crippen molar-refractivity contribution < 1.29 is 19.1 Å². The van der Waals surface area contributed by atoms with E-state index in [4.69, 9.17) is 0 Å². The van der Waals surface area contributed by atoms with Gasteiger partial charge in [-0.3, -0.25) is 9.59 Å². The summed E-state index contributed by atoms with van der Waals surface area (Å²) in [6, 6.07) is 4.38. The summed E-state index contributed by atoms with van der Waals surface area (Å²) >= 11 is 1.86. The Morgan fingerprint density at radius 2 is 1.27 bits per heavy atom. The number of methoxy groups -OCH3 is 2. The number of carbonyl (C=O) groups excluding carboxylic acids is 2. The zero-order chi connectivity index (χ0) is 16.2. The van der Waals surface area contributed by atoms with Crippen LogP contribution in [0.15, 0.2) is 12.1 Å². The number of carbonyl (C=O) groups is 2. The quantitative estimate of drug-likeness (QED) is 0.457. The first-order valence-electron chi connectivity index (χ1n) is 7.87. The summed E-state index contributed by atoms with van der Waals surface area (Å²) in [5.74, 6) is -0.246. The van der Waals surface area contributed by atoms with E-state index >= 15 is 0 Å². The second-order valence-electron chi connectivity index (χ2n) is 5.29. The summed E-state index contributed by atoms with van der Waals surface area (Å²) in [5, 5.41) is 0. The van der Waals surface area contributed by atoms with Crippen LogP contribution in [0.4, 0.5) is 0 Å². The summed E-state index contributed by atoms with van der Waals surface area (Å²) in [7, 11) is 2.86. The van der Waals surface area contributed by atoms with Crippen molar-refractivity contribution in [2.45, 2.75) is 57.8 Å². The van der Waals surface area contributed by atoms with Gasteiger partial charge in [-0.25, -0.2) is 0 Å². The molecule has 5 heteroatoms. The first-order chi connectivity index (χ1) is 10.7. The lowest BCUT2D eigenvalue weighted by atomic mass is 10.1. The summed E-state index contributed by atoms with van der Waals surface area (Å²) in [6.45, 7) is 0. The first-order valence-corrected chi connectivity index (χ1v) is 8.68. The van der Waals surface area contributed by atoms with E-state index in [0.717, 1.165) is 44.9 Å². The van der Waals surface area contributed by atoms with Gasteiger partial charge in [0, 0.05) is 22.6 Å². The van der Waals surface area contributed by atoms with E-state index < -0.39 is 0 Å². The zero-order valence-corrected chi connectivity index (χ0v) is 14.4. The van der Waals surface area contributed by atoms with Crippen LogP contribution in [0.5, 0.6) is 0 Å². The Bertz CT molecular complexity index is 453. The Hall–Kier alpha value is -1.36. The van der Waals surface area contributed by atoms with Crippen molar-refractivity contribution in [3.63, 3.8) is 0 Å². The third-order valence-electron chi connectivity index (χ3n) is 3.53. The monoisotopic (exact) mass is 326 g/mol. The number of rotatable bonds is 11. The summed E-state index contributed by atoms with van der Waals surface area (Å²) in [5.41, 5.74) is 0. The molecular weight excluding hydrogens is 300 g/mol. The van der Waals surface area contributed by atoms with Gasteiger partial charge in [0.1, 0.15) is 0 Å². The highest BCUT2D eigenvalue weighted by Gasteiger charge is 2.04. The average molecular weight is 326 g/mol. The molecule has 0 aliphatic carbocycles. The highest BCUT2D eigenvalue weighted by Crippen LogP contribution is 2.21. The fourth-order valence-corrected chi connectivity index (χ4v) is 3.31. The second kappa shape index (κ2) is 11.2. The second-order valence-corrected chi connectivity index (χ2v) is 6.54. The third kappa shape index (κ3) is 8.17. The van der Waals surface area contributed by atoms with Crippen LogP contribution in [0.1, 0.15) is 54.7 Å². The van der Waals surface area contributed by atoms with Gasteiger partial charge in [0.05, 0.1) is 14.2 Å². The van der Waals surface area contributed by atoms with Crippen molar-refractivity contribution in [3.05, 3.63) is 21.9 Å². The van der Waals surface area contributed by atoms with Gasteiger partial charge in [0.25, 0.3) is 0 Å². The molecule has 0 unspecified atom stereocenters. The molecular formula is C17H26O4S. The molecule has 0 fully saturated rings. The van der Waals surface area contributed by atoms with Crippen LogP contribution in [0.25, 0.3) is 0 Å².